The number of nitrogens with zero attached hydrogens (tertiary/aromatic N) is 1. The third-order valence-electron chi connectivity index (χ3n) is 3.44. The smallest absolute Gasteiger partial charge is 0.126 e. The van der Waals surface area contributed by atoms with E-state index >= 15 is 0 Å². The zero-order valence-corrected chi connectivity index (χ0v) is 11.6. The highest BCUT2D eigenvalue weighted by Gasteiger charge is 2.05. The number of fused-ring (bicyclic) bond motifs is 3. The number of aromatic amines is 1. The van der Waals surface area contributed by atoms with Gasteiger partial charge in [-0.25, -0.2) is 4.98 Å². The fourth-order valence-electron chi connectivity index (χ4n) is 2.43. The van der Waals surface area contributed by atoms with Crippen molar-refractivity contribution in [2.45, 2.75) is 6.54 Å². The van der Waals surface area contributed by atoms with Crippen molar-refractivity contribution in [2.75, 3.05) is 5.32 Å². The number of thiophene rings is 1. The molecule has 0 aliphatic carbocycles. The molecule has 3 aromatic heterocycles. The van der Waals surface area contributed by atoms with Crippen LogP contribution >= 0.6 is 11.3 Å². The summed E-state index contributed by atoms with van der Waals surface area (Å²) in [7, 11) is 0. The van der Waals surface area contributed by atoms with Crippen molar-refractivity contribution in [3.8, 4) is 0 Å². The summed E-state index contributed by atoms with van der Waals surface area (Å²) >= 11 is 1.72. The van der Waals surface area contributed by atoms with E-state index in [-0.39, 0.29) is 0 Å². The highest BCUT2D eigenvalue weighted by Crippen LogP contribution is 2.26. The van der Waals surface area contributed by atoms with Gasteiger partial charge in [-0.3, -0.25) is 0 Å². The van der Waals surface area contributed by atoms with E-state index < -0.39 is 0 Å². The van der Waals surface area contributed by atoms with E-state index in [1.54, 1.807) is 11.3 Å². The summed E-state index contributed by atoms with van der Waals surface area (Å²) in [6.07, 6.45) is 1.89. The predicted molar refractivity (Wildman–Crippen MR) is 85.2 cm³/mol. The minimum atomic E-state index is 0.810. The maximum atomic E-state index is 4.46. The molecule has 0 unspecified atom stereocenters. The van der Waals surface area contributed by atoms with Gasteiger partial charge >= 0.3 is 0 Å². The zero-order valence-electron chi connectivity index (χ0n) is 10.8. The van der Waals surface area contributed by atoms with Crippen LogP contribution in [0.15, 0.2) is 53.4 Å². The van der Waals surface area contributed by atoms with E-state index in [1.807, 2.05) is 12.3 Å². The molecule has 0 fully saturated rings. The van der Waals surface area contributed by atoms with E-state index in [0.29, 0.717) is 0 Å². The Kier molecular flexibility index (Phi) is 2.67. The predicted octanol–water partition coefficient (Wildman–Crippen LogP) is 4.39. The second-order valence-corrected chi connectivity index (χ2v) is 5.55. The first kappa shape index (κ1) is 11.5. The van der Waals surface area contributed by atoms with E-state index in [2.05, 4.69) is 56.4 Å². The van der Waals surface area contributed by atoms with Crippen molar-refractivity contribution in [3.63, 3.8) is 0 Å². The molecule has 0 bridgehead atoms. The SMILES string of the molecule is c1ccc2c(c1)[nH]c1cnc(NCc3ccsc3)cc12. The van der Waals surface area contributed by atoms with Crippen molar-refractivity contribution in [3.05, 3.63) is 58.9 Å². The van der Waals surface area contributed by atoms with Crippen LogP contribution in [0.5, 0.6) is 0 Å². The van der Waals surface area contributed by atoms with Gasteiger partial charge in [0.2, 0.25) is 0 Å². The number of hydrogen-bond donors (Lipinski definition) is 2. The molecule has 0 saturated heterocycles. The molecular weight excluding hydrogens is 266 g/mol. The molecule has 2 N–H and O–H groups in total. The van der Waals surface area contributed by atoms with E-state index in [4.69, 9.17) is 0 Å². The second kappa shape index (κ2) is 4.65. The van der Waals surface area contributed by atoms with Crippen LogP contribution in [0.1, 0.15) is 5.56 Å². The third-order valence-corrected chi connectivity index (χ3v) is 4.18. The molecule has 0 atom stereocenters. The first-order valence-corrected chi connectivity index (χ1v) is 7.46. The number of para-hydroxylation sites is 1. The Morgan fingerprint density at radius 2 is 2.05 bits per heavy atom. The van der Waals surface area contributed by atoms with Crippen LogP contribution in [0.2, 0.25) is 0 Å². The number of nitrogens with one attached hydrogen (secondary N) is 2. The molecule has 0 spiro atoms. The third kappa shape index (κ3) is 1.94. The lowest BCUT2D eigenvalue weighted by Crippen LogP contribution is -1.99. The Morgan fingerprint density at radius 1 is 1.10 bits per heavy atom. The molecule has 3 nitrogen and oxygen atoms in total. The molecule has 0 radical (unpaired) electrons. The number of anilines is 1. The monoisotopic (exact) mass is 279 g/mol. The zero-order chi connectivity index (χ0) is 13.4. The standard InChI is InChI=1S/C16H13N3S/c1-2-4-14-12(3-1)13-7-16(18-9-15(13)19-14)17-8-11-5-6-20-10-11/h1-7,9-10,19H,8H2,(H,17,18). The Morgan fingerprint density at radius 3 is 2.95 bits per heavy atom. The normalized spacial score (nSPS) is 11.2. The summed E-state index contributed by atoms with van der Waals surface area (Å²) in [5.74, 6) is 0.911. The van der Waals surface area contributed by atoms with E-state index in [1.165, 1.54) is 16.3 Å². The van der Waals surface area contributed by atoms with Crippen LogP contribution in [0.3, 0.4) is 0 Å². The van der Waals surface area contributed by atoms with E-state index in [0.717, 1.165) is 23.4 Å². The Hall–Kier alpha value is -2.33. The molecule has 0 aliphatic heterocycles. The maximum absolute atomic E-state index is 4.46. The van der Waals surface area contributed by atoms with Gasteiger partial charge in [0.1, 0.15) is 5.82 Å². The average Bonchev–Trinajstić information content (AvgIpc) is 3.12. The number of rotatable bonds is 3. The molecular formula is C16H13N3S. The van der Waals surface area contributed by atoms with Gasteiger partial charge in [0.05, 0.1) is 11.7 Å². The molecule has 0 saturated carbocycles. The minimum Gasteiger partial charge on any atom is -0.366 e. The van der Waals surface area contributed by atoms with Crippen LogP contribution < -0.4 is 5.32 Å². The molecule has 4 aromatic rings. The Labute approximate surface area is 120 Å². The Bertz CT molecular complexity index is 862. The summed E-state index contributed by atoms with van der Waals surface area (Å²) in [5, 5.41) is 10.1. The lowest BCUT2D eigenvalue weighted by Gasteiger charge is -2.04. The summed E-state index contributed by atoms with van der Waals surface area (Å²) in [6.45, 7) is 0.810. The molecule has 4 heteroatoms. The molecule has 0 amide bonds. The van der Waals surface area contributed by atoms with Gasteiger partial charge < -0.3 is 10.3 Å². The number of hydrogen-bond acceptors (Lipinski definition) is 3. The molecule has 4 rings (SSSR count). The molecule has 1 aromatic carbocycles. The molecule has 3 heterocycles. The minimum absolute atomic E-state index is 0.810. The summed E-state index contributed by atoms with van der Waals surface area (Å²) in [4.78, 5) is 7.85. The van der Waals surface area contributed by atoms with Crippen molar-refractivity contribution in [1.82, 2.24) is 9.97 Å². The van der Waals surface area contributed by atoms with Crippen molar-refractivity contribution < 1.29 is 0 Å². The fraction of sp³-hybridized carbons (Fsp3) is 0.0625. The van der Waals surface area contributed by atoms with Crippen LogP contribution in [-0.2, 0) is 6.54 Å². The van der Waals surface area contributed by atoms with Gasteiger partial charge in [0.15, 0.2) is 0 Å². The van der Waals surface area contributed by atoms with Crippen molar-refractivity contribution in [1.29, 1.82) is 0 Å². The highest BCUT2D eigenvalue weighted by atomic mass is 32.1. The number of pyridine rings is 1. The lowest BCUT2D eigenvalue weighted by atomic mass is 10.2. The van der Waals surface area contributed by atoms with Crippen LogP contribution in [0.25, 0.3) is 21.8 Å². The maximum Gasteiger partial charge on any atom is 0.126 e. The van der Waals surface area contributed by atoms with Gasteiger partial charge in [0.25, 0.3) is 0 Å². The number of H-pyrrole nitrogens is 1. The highest BCUT2D eigenvalue weighted by molar-refractivity contribution is 7.07. The first-order valence-electron chi connectivity index (χ1n) is 6.51. The molecule has 20 heavy (non-hydrogen) atoms. The summed E-state index contributed by atoms with van der Waals surface area (Å²) in [5.41, 5.74) is 3.52. The number of benzene rings is 1. The average molecular weight is 279 g/mol. The van der Waals surface area contributed by atoms with Gasteiger partial charge in [-0.15, -0.1) is 0 Å². The second-order valence-electron chi connectivity index (χ2n) is 4.77. The molecule has 0 aliphatic rings. The van der Waals surface area contributed by atoms with Crippen LogP contribution in [0.4, 0.5) is 5.82 Å². The quantitative estimate of drug-likeness (QED) is 0.584. The van der Waals surface area contributed by atoms with Gasteiger partial charge in [-0.1, -0.05) is 18.2 Å². The van der Waals surface area contributed by atoms with E-state index in [9.17, 15) is 0 Å². The Balaban J connectivity index is 1.72. The number of aromatic nitrogens is 2. The summed E-state index contributed by atoms with van der Waals surface area (Å²) in [6, 6.07) is 12.6. The van der Waals surface area contributed by atoms with Gasteiger partial charge in [0, 0.05) is 22.8 Å². The van der Waals surface area contributed by atoms with Crippen LogP contribution in [0, 0.1) is 0 Å². The van der Waals surface area contributed by atoms with Gasteiger partial charge in [-0.2, -0.15) is 11.3 Å². The van der Waals surface area contributed by atoms with Gasteiger partial charge in [-0.05, 0) is 34.5 Å². The topological polar surface area (TPSA) is 40.7 Å². The largest absolute Gasteiger partial charge is 0.366 e. The fourth-order valence-corrected chi connectivity index (χ4v) is 3.10. The van der Waals surface area contributed by atoms with Crippen molar-refractivity contribution in [2.24, 2.45) is 0 Å². The van der Waals surface area contributed by atoms with Crippen LogP contribution in [-0.4, -0.2) is 9.97 Å². The lowest BCUT2D eigenvalue weighted by molar-refractivity contribution is 1.13. The van der Waals surface area contributed by atoms with Crippen molar-refractivity contribution >= 4 is 39.0 Å². The molecule has 98 valence electrons. The summed E-state index contributed by atoms with van der Waals surface area (Å²) < 4.78 is 0. The first-order chi connectivity index (χ1) is 9.90.